The molecule has 0 saturated heterocycles. The Morgan fingerprint density at radius 1 is 1.04 bits per heavy atom. The molecule has 0 radical (unpaired) electrons. The van der Waals surface area contributed by atoms with E-state index in [9.17, 15) is 8.42 Å². The zero-order valence-electron chi connectivity index (χ0n) is 14.4. The van der Waals surface area contributed by atoms with E-state index in [2.05, 4.69) is 17.2 Å². The summed E-state index contributed by atoms with van der Waals surface area (Å²) in [5.74, 6) is 0. The SMILES string of the molecule is CCN(CC)S(=O)(=O)c1ccc(C(C)NCc2ccncc2)cc1. The molecule has 1 unspecified atom stereocenters. The van der Waals surface area contributed by atoms with Crippen molar-refractivity contribution in [3.8, 4) is 0 Å². The van der Waals surface area contributed by atoms with Crippen molar-refractivity contribution >= 4 is 10.0 Å². The molecule has 1 N–H and O–H groups in total. The van der Waals surface area contributed by atoms with Gasteiger partial charge in [-0.25, -0.2) is 8.42 Å². The second-order valence-electron chi connectivity index (χ2n) is 5.62. The summed E-state index contributed by atoms with van der Waals surface area (Å²) in [7, 11) is -3.39. The van der Waals surface area contributed by atoms with E-state index >= 15 is 0 Å². The average molecular weight is 347 g/mol. The molecule has 0 saturated carbocycles. The van der Waals surface area contributed by atoms with Crippen LogP contribution in [0.15, 0.2) is 53.7 Å². The third kappa shape index (κ3) is 4.41. The Hall–Kier alpha value is -1.76. The molecule has 130 valence electrons. The Balaban J connectivity index is 2.06. The molecular weight excluding hydrogens is 322 g/mol. The monoisotopic (exact) mass is 347 g/mol. The van der Waals surface area contributed by atoms with Crippen LogP contribution in [0.4, 0.5) is 0 Å². The summed E-state index contributed by atoms with van der Waals surface area (Å²) in [5.41, 5.74) is 2.22. The van der Waals surface area contributed by atoms with Crippen molar-refractivity contribution in [1.82, 2.24) is 14.6 Å². The summed E-state index contributed by atoms with van der Waals surface area (Å²) in [5, 5.41) is 3.43. The van der Waals surface area contributed by atoms with E-state index in [1.807, 2.05) is 38.1 Å². The molecule has 2 rings (SSSR count). The summed E-state index contributed by atoms with van der Waals surface area (Å²) in [6, 6.07) is 11.2. The zero-order valence-corrected chi connectivity index (χ0v) is 15.3. The van der Waals surface area contributed by atoms with E-state index in [0.717, 1.165) is 17.7 Å². The van der Waals surface area contributed by atoms with Gasteiger partial charge in [0.1, 0.15) is 0 Å². The van der Waals surface area contributed by atoms with Gasteiger partial charge >= 0.3 is 0 Å². The van der Waals surface area contributed by atoms with Gasteiger partial charge < -0.3 is 5.32 Å². The highest BCUT2D eigenvalue weighted by Gasteiger charge is 2.21. The molecule has 0 aliphatic heterocycles. The van der Waals surface area contributed by atoms with Gasteiger partial charge in [-0.3, -0.25) is 4.98 Å². The predicted octanol–water partition coefficient (Wildman–Crippen LogP) is 2.96. The van der Waals surface area contributed by atoms with Crippen LogP contribution in [0.25, 0.3) is 0 Å². The smallest absolute Gasteiger partial charge is 0.243 e. The van der Waals surface area contributed by atoms with Gasteiger partial charge in [-0.1, -0.05) is 26.0 Å². The number of rotatable bonds is 8. The minimum absolute atomic E-state index is 0.128. The molecule has 0 spiro atoms. The molecule has 6 heteroatoms. The molecular formula is C18H25N3O2S. The maximum atomic E-state index is 12.5. The largest absolute Gasteiger partial charge is 0.306 e. The lowest BCUT2D eigenvalue weighted by Crippen LogP contribution is -2.30. The fourth-order valence-electron chi connectivity index (χ4n) is 2.53. The summed E-state index contributed by atoms with van der Waals surface area (Å²) in [4.78, 5) is 4.35. The molecule has 5 nitrogen and oxygen atoms in total. The van der Waals surface area contributed by atoms with Crippen LogP contribution in [0.2, 0.25) is 0 Å². The summed E-state index contributed by atoms with van der Waals surface area (Å²) in [6.07, 6.45) is 3.54. The van der Waals surface area contributed by atoms with Crippen LogP contribution in [0.5, 0.6) is 0 Å². The van der Waals surface area contributed by atoms with Gasteiger partial charge in [-0.2, -0.15) is 4.31 Å². The predicted molar refractivity (Wildman–Crippen MR) is 96.0 cm³/mol. The third-order valence-electron chi connectivity index (χ3n) is 4.09. The van der Waals surface area contributed by atoms with Crippen LogP contribution in [0.3, 0.4) is 0 Å². The lowest BCUT2D eigenvalue weighted by Gasteiger charge is -2.19. The molecule has 0 fully saturated rings. The number of pyridine rings is 1. The van der Waals surface area contributed by atoms with Gasteiger partial charge in [0, 0.05) is 38.1 Å². The Morgan fingerprint density at radius 3 is 2.17 bits per heavy atom. The van der Waals surface area contributed by atoms with E-state index in [0.29, 0.717) is 18.0 Å². The van der Waals surface area contributed by atoms with Crippen molar-refractivity contribution < 1.29 is 8.42 Å². The molecule has 0 amide bonds. The van der Waals surface area contributed by atoms with Crippen molar-refractivity contribution in [2.24, 2.45) is 0 Å². The van der Waals surface area contributed by atoms with E-state index in [1.54, 1.807) is 24.5 Å². The first-order valence-corrected chi connectivity index (χ1v) is 9.65. The van der Waals surface area contributed by atoms with Crippen LogP contribution >= 0.6 is 0 Å². The van der Waals surface area contributed by atoms with Crippen molar-refractivity contribution in [3.05, 3.63) is 59.9 Å². The quantitative estimate of drug-likeness (QED) is 0.797. The van der Waals surface area contributed by atoms with Crippen molar-refractivity contribution in [3.63, 3.8) is 0 Å². The molecule has 0 bridgehead atoms. The van der Waals surface area contributed by atoms with Gasteiger partial charge in [-0.05, 0) is 42.3 Å². The molecule has 1 heterocycles. The number of hydrogen-bond acceptors (Lipinski definition) is 4. The highest BCUT2D eigenvalue weighted by Crippen LogP contribution is 2.19. The second kappa shape index (κ2) is 8.37. The fraction of sp³-hybridized carbons (Fsp3) is 0.389. The first-order valence-electron chi connectivity index (χ1n) is 8.21. The lowest BCUT2D eigenvalue weighted by atomic mass is 10.1. The standard InChI is InChI=1S/C18H25N3O2S/c1-4-21(5-2)24(22,23)18-8-6-17(7-9-18)15(3)20-14-16-10-12-19-13-11-16/h6-13,15,20H,4-5,14H2,1-3H3. The molecule has 1 aromatic carbocycles. The van der Waals surface area contributed by atoms with E-state index in [-0.39, 0.29) is 6.04 Å². The minimum atomic E-state index is -3.39. The highest BCUT2D eigenvalue weighted by atomic mass is 32.2. The second-order valence-corrected chi connectivity index (χ2v) is 7.55. The Bertz CT molecular complexity index is 727. The maximum Gasteiger partial charge on any atom is 0.243 e. The number of hydrogen-bond donors (Lipinski definition) is 1. The average Bonchev–Trinajstić information content (AvgIpc) is 2.61. The molecule has 24 heavy (non-hydrogen) atoms. The number of aromatic nitrogens is 1. The number of nitrogens with zero attached hydrogens (tertiary/aromatic N) is 2. The Kier molecular flexibility index (Phi) is 6.48. The third-order valence-corrected chi connectivity index (χ3v) is 6.15. The zero-order chi connectivity index (χ0) is 17.6. The molecule has 2 aromatic rings. The first kappa shape index (κ1) is 18.6. The van der Waals surface area contributed by atoms with Crippen LogP contribution in [0.1, 0.15) is 37.9 Å². The summed E-state index contributed by atoms with van der Waals surface area (Å²) in [6.45, 7) is 7.45. The van der Waals surface area contributed by atoms with Gasteiger partial charge in [0.25, 0.3) is 0 Å². The fourth-order valence-corrected chi connectivity index (χ4v) is 3.99. The lowest BCUT2D eigenvalue weighted by molar-refractivity contribution is 0.445. The van der Waals surface area contributed by atoms with Crippen LogP contribution in [-0.4, -0.2) is 30.8 Å². The summed E-state index contributed by atoms with van der Waals surface area (Å²) < 4.78 is 26.4. The normalized spacial score (nSPS) is 13.2. The highest BCUT2D eigenvalue weighted by molar-refractivity contribution is 7.89. The summed E-state index contributed by atoms with van der Waals surface area (Å²) >= 11 is 0. The molecule has 0 aliphatic carbocycles. The van der Waals surface area contributed by atoms with Crippen LogP contribution < -0.4 is 5.32 Å². The van der Waals surface area contributed by atoms with Crippen LogP contribution in [0, 0.1) is 0 Å². The van der Waals surface area contributed by atoms with E-state index in [1.165, 1.54) is 4.31 Å². The van der Waals surface area contributed by atoms with Gasteiger partial charge in [0.2, 0.25) is 10.0 Å². The van der Waals surface area contributed by atoms with Gasteiger partial charge in [-0.15, -0.1) is 0 Å². The number of nitrogens with one attached hydrogen (secondary N) is 1. The molecule has 0 aliphatic rings. The Labute approximate surface area is 144 Å². The first-order chi connectivity index (χ1) is 11.5. The maximum absolute atomic E-state index is 12.5. The molecule has 1 atom stereocenters. The van der Waals surface area contributed by atoms with Gasteiger partial charge in [0.15, 0.2) is 0 Å². The number of benzene rings is 1. The van der Waals surface area contributed by atoms with Crippen LogP contribution in [-0.2, 0) is 16.6 Å². The van der Waals surface area contributed by atoms with Crippen molar-refractivity contribution in [2.75, 3.05) is 13.1 Å². The number of sulfonamides is 1. The van der Waals surface area contributed by atoms with Crippen molar-refractivity contribution in [2.45, 2.75) is 38.3 Å². The van der Waals surface area contributed by atoms with E-state index in [4.69, 9.17) is 0 Å². The minimum Gasteiger partial charge on any atom is -0.306 e. The topological polar surface area (TPSA) is 62.3 Å². The van der Waals surface area contributed by atoms with Gasteiger partial charge in [0.05, 0.1) is 4.90 Å². The molecule has 1 aromatic heterocycles. The van der Waals surface area contributed by atoms with Crippen molar-refractivity contribution in [1.29, 1.82) is 0 Å². The van der Waals surface area contributed by atoms with E-state index < -0.39 is 10.0 Å². The Morgan fingerprint density at radius 2 is 1.62 bits per heavy atom.